The molecular weight excluding hydrogens is 377 g/mol. The summed E-state index contributed by atoms with van der Waals surface area (Å²) in [5, 5.41) is 5.21. The van der Waals surface area contributed by atoms with Gasteiger partial charge in [-0.2, -0.15) is 0 Å². The molecule has 1 aliphatic heterocycles. The number of hydrogen-bond donors (Lipinski definition) is 2. The monoisotopic (exact) mass is 394 g/mol. The van der Waals surface area contributed by atoms with Crippen LogP contribution in [0.2, 0.25) is 0 Å². The molecule has 1 saturated heterocycles. The number of benzene rings is 1. The second-order valence-corrected chi connectivity index (χ2v) is 6.43. The molecule has 11 heteroatoms. The number of aromatic nitrogens is 2. The zero-order valence-corrected chi connectivity index (χ0v) is 15.4. The van der Waals surface area contributed by atoms with Gasteiger partial charge in [-0.15, -0.1) is 0 Å². The normalized spacial score (nSPS) is 16.9. The zero-order chi connectivity index (χ0) is 19.7. The number of nitrogens with zero attached hydrogens (tertiary/aromatic N) is 3. The highest BCUT2D eigenvalue weighted by molar-refractivity contribution is 7.80. The Morgan fingerprint density at radius 1 is 1.37 bits per heavy atom. The predicted molar refractivity (Wildman–Crippen MR) is 94.9 cm³/mol. The average molecular weight is 394 g/mol. The van der Waals surface area contributed by atoms with Gasteiger partial charge in [-0.05, 0) is 41.8 Å². The molecule has 27 heavy (non-hydrogen) atoms. The Bertz CT molecular complexity index is 954. The highest BCUT2D eigenvalue weighted by Gasteiger charge is 2.43. The first kappa shape index (κ1) is 18.7. The molecule has 2 heterocycles. The van der Waals surface area contributed by atoms with Gasteiger partial charge in [0.2, 0.25) is 5.91 Å². The Morgan fingerprint density at radius 3 is 2.63 bits per heavy atom. The van der Waals surface area contributed by atoms with E-state index >= 15 is 0 Å². The summed E-state index contributed by atoms with van der Waals surface area (Å²) >= 11 is 5.28. The number of likely N-dealkylation sites (N-methyl/N-ethyl adjacent to an activating group) is 1. The molecule has 1 aromatic carbocycles. The molecule has 1 aliphatic rings. The van der Waals surface area contributed by atoms with E-state index in [0.29, 0.717) is 5.69 Å². The summed E-state index contributed by atoms with van der Waals surface area (Å²) in [6.45, 7) is 0.00570. The van der Waals surface area contributed by atoms with E-state index in [9.17, 15) is 18.8 Å². The van der Waals surface area contributed by atoms with E-state index in [0.717, 1.165) is 0 Å². The fourth-order valence-corrected chi connectivity index (χ4v) is 3.05. The van der Waals surface area contributed by atoms with E-state index in [1.165, 1.54) is 45.8 Å². The van der Waals surface area contributed by atoms with Gasteiger partial charge in [-0.3, -0.25) is 19.0 Å². The Balaban J connectivity index is 1.77. The van der Waals surface area contributed by atoms with Crippen molar-refractivity contribution in [3.8, 4) is 0 Å². The fourth-order valence-electron chi connectivity index (χ4n) is 2.77. The minimum absolute atomic E-state index is 0.00570. The molecule has 1 aromatic heterocycles. The van der Waals surface area contributed by atoms with Crippen molar-refractivity contribution in [2.75, 3.05) is 12.4 Å². The van der Waals surface area contributed by atoms with Crippen molar-refractivity contribution < 1.29 is 23.2 Å². The third kappa shape index (κ3) is 3.72. The lowest BCUT2D eigenvalue weighted by Crippen LogP contribution is -2.44. The van der Waals surface area contributed by atoms with Gasteiger partial charge in [-0.1, -0.05) is 4.68 Å². The highest BCUT2D eigenvalue weighted by Crippen LogP contribution is 2.21. The second-order valence-electron chi connectivity index (χ2n) is 6.07. The maximum atomic E-state index is 13.0. The molecule has 1 unspecified atom stereocenters. The molecule has 0 saturated carbocycles. The standard InChI is InChI=1S/C16H16FN5O4S/c1-20-14(24)11(7-13(23)18-10-5-3-9(17)4-6-10)22(16(20)27)8-12-15(25)26-19-21(12)2/h3-6,11H,7-8H2,1-2H3,(H-,18,19,23,25)/p+1. The lowest BCUT2D eigenvalue weighted by Gasteiger charge is -2.20. The molecule has 0 aliphatic carbocycles. The van der Waals surface area contributed by atoms with Gasteiger partial charge in [0, 0.05) is 12.7 Å². The Hall–Kier alpha value is -3.08. The van der Waals surface area contributed by atoms with Crippen molar-refractivity contribution in [1.82, 2.24) is 15.1 Å². The molecule has 0 bridgehead atoms. The van der Waals surface area contributed by atoms with Crippen molar-refractivity contribution in [2.45, 2.75) is 19.0 Å². The van der Waals surface area contributed by atoms with Crippen molar-refractivity contribution in [3.05, 3.63) is 46.2 Å². The number of aryl methyl sites for hydroxylation is 1. The van der Waals surface area contributed by atoms with Crippen molar-refractivity contribution >= 4 is 34.8 Å². The maximum Gasteiger partial charge on any atom is 0.431 e. The lowest BCUT2D eigenvalue weighted by atomic mass is 10.1. The summed E-state index contributed by atoms with van der Waals surface area (Å²) < 4.78 is 19.0. The minimum atomic E-state index is -0.864. The van der Waals surface area contributed by atoms with Gasteiger partial charge in [0.05, 0.1) is 6.42 Å². The van der Waals surface area contributed by atoms with Crippen molar-refractivity contribution in [3.63, 3.8) is 0 Å². The molecule has 1 atom stereocenters. The minimum Gasteiger partial charge on any atom is -0.326 e. The summed E-state index contributed by atoms with van der Waals surface area (Å²) in [6.07, 6.45) is -0.180. The molecule has 2 amide bonds. The van der Waals surface area contributed by atoms with Crippen LogP contribution < -0.4 is 15.6 Å². The van der Waals surface area contributed by atoms with Gasteiger partial charge in [0.25, 0.3) is 5.91 Å². The Morgan fingerprint density at radius 2 is 2.04 bits per heavy atom. The first-order valence-electron chi connectivity index (χ1n) is 7.98. The lowest BCUT2D eigenvalue weighted by molar-refractivity contribution is -0.746. The number of H-pyrrole nitrogens is 1. The van der Waals surface area contributed by atoms with E-state index < -0.39 is 23.4 Å². The number of carbonyl (C=O) groups excluding carboxylic acids is 2. The number of rotatable bonds is 5. The van der Waals surface area contributed by atoms with Crippen LogP contribution in [0.4, 0.5) is 10.1 Å². The topological polar surface area (TPSA) is 103 Å². The highest BCUT2D eigenvalue weighted by atomic mass is 32.1. The van der Waals surface area contributed by atoms with E-state index in [1.54, 1.807) is 7.05 Å². The molecule has 2 aromatic rings. The summed E-state index contributed by atoms with van der Waals surface area (Å²) in [4.78, 5) is 39.4. The maximum absolute atomic E-state index is 13.0. The summed E-state index contributed by atoms with van der Waals surface area (Å²) in [5.74, 6) is -1.21. The summed E-state index contributed by atoms with van der Waals surface area (Å²) in [6, 6.07) is 4.41. The van der Waals surface area contributed by atoms with Crippen LogP contribution in [-0.4, -0.2) is 45.1 Å². The van der Waals surface area contributed by atoms with Crippen LogP contribution in [0.1, 0.15) is 12.1 Å². The largest absolute Gasteiger partial charge is 0.431 e. The number of carbonyl (C=O) groups is 2. The third-order valence-corrected chi connectivity index (χ3v) is 4.78. The number of aromatic amines is 1. The predicted octanol–water partition coefficient (Wildman–Crippen LogP) is -0.112. The molecule has 0 spiro atoms. The van der Waals surface area contributed by atoms with Crippen LogP contribution in [0.15, 0.2) is 33.6 Å². The summed E-state index contributed by atoms with van der Waals surface area (Å²) in [5.41, 5.74) is 0.0771. The molecule has 1 fully saturated rings. The van der Waals surface area contributed by atoms with Crippen molar-refractivity contribution in [1.29, 1.82) is 0 Å². The van der Waals surface area contributed by atoms with Crippen LogP contribution in [0.5, 0.6) is 0 Å². The van der Waals surface area contributed by atoms with Gasteiger partial charge < -0.3 is 10.2 Å². The smallest absolute Gasteiger partial charge is 0.326 e. The number of halogens is 1. The number of hydrogen-bond acceptors (Lipinski definition) is 5. The number of nitrogens with one attached hydrogen (secondary N) is 2. The van der Waals surface area contributed by atoms with E-state index in [-0.39, 0.29) is 29.7 Å². The Labute approximate surface area is 158 Å². The Kier molecular flexibility index (Phi) is 5.04. The van der Waals surface area contributed by atoms with Gasteiger partial charge in [-0.25, -0.2) is 9.18 Å². The van der Waals surface area contributed by atoms with Crippen LogP contribution >= 0.6 is 12.2 Å². The van der Waals surface area contributed by atoms with Crippen LogP contribution in [-0.2, 0) is 23.2 Å². The summed E-state index contributed by atoms with van der Waals surface area (Å²) in [7, 11) is 3.09. The molecular formula is C16H17FN5O4S+. The van der Waals surface area contributed by atoms with Crippen LogP contribution in [0.3, 0.4) is 0 Å². The van der Waals surface area contributed by atoms with Gasteiger partial charge in [0.1, 0.15) is 18.4 Å². The van der Waals surface area contributed by atoms with Crippen molar-refractivity contribution in [2.24, 2.45) is 7.05 Å². The van der Waals surface area contributed by atoms with Gasteiger partial charge >= 0.3 is 11.3 Å². The van der Waals surface area contributed by atoms with Gasteiger partial charge in [0.15, 0.2) is 12.2 Å². The molecule has 0 radical (unpaired) electrons. The molecule has 3 rings (SSSR count). The molecule has 9 nitrogen and oxygen atoms in total. The van der Waals surface area contributed by atoms with E-state index in [1.807, 2.05) is 0 Å². The number of amides is 2. The zero-order valence-electron chi connectivity index (χ0n) is 14.6. The average Bonchev–Trinajstić information content (AvgIpc) is 3.04. The first-order chi connectivity index (χ1) is 12.8. The molecule has 142 valence electrons. The van der Waals surface area contributed by atoms with Crippen LogP contribution in [0.25, 0.3) is 0 Å². The fraction of sp³-hybridized carbons (Fsp3) is 0.312. The second kappa shape index (κ2) is 7.27. The number of thiocarbonyl (C=S) groups is 1. The van der Waals surface area contributed by atoms with E-state index in [2.05, 4.69) is 10.6 Å². The SMILES string of the molecule is CN1C(=O)C(CC(=O)Nc2ccc(F)cc2)N(Cc2c(=O)o[nH][n+]2C)C1=S. The quantitative estimate of drug-likeness (QED) is 0.542. The number of anilines is 1. The first-order valence-corrected chi connectivity index (χ1v) is 8.38. The van der Waals surface area contributed by atoms with E-state index in [4.69, 9.17) is 16.7 Å². The molecule has 2 N–H and O–H groups in total. The van der Waals surface area contributed by atoms with Crippen LogP contribution in [0, 0.1) is 5.82 Å². The third-order valence-electron chi connectivity index (χ3n) is 4.27.